The van der Waals surface area contributed by atoms with Gasteiger partial charge in [-0.2, -0.15) is 0 Å². The van der Waals surface area contributed by atoms with Gasteiger partial charge in [-0.05, 0) is 45.7 Å². The van der Waals surface area contributed by atoms with Crippen LogP contribution in [0.2, 0.25) is 0 Å². The van der Waals surface area contributed by atoms with Crippen LogP contribution >= 0.6 is 0 Å². The van der Waals surface area contributed by atoms with E-state index in [1.165, 1.54) is 38.8 Å². The molecule has 108 valence electrons. The van der Waals surface area contributed by atoms with Crippen LogP contribution in [0, 0.1) is 12.8 Å². The van der Waals surface area contributed by atoms with Crippen molar-refractivity contribution < 1.29 is 0 Å². The summed E-state index contributed by atoms with van der Waals surface area (Å²) in [5, 5.41) is 3.47. The molecule has 0 amide bonds. The number of rotatable bonds is 6. The smallest absolute Gasteiger partial charge is 0.203 e. The van der Waals surface area contributed by atoms with Crippen molar-refractivity contribution in [1.82, 2.24) is 14.5 Å². The molecule has 1 atom stereocenters. The molecule has 1 aliphatic rings. The number of aryl methyl sites for hydroxylation is 1. The summed E-state index contributed by atoms with van der Waals surface area (Å²) >= 11 is 0. The van der Waals surface area contributed by atoms with Crippen molar-refractivity contribution in [2.24, 2.45) is 5.92 Å². The van der Waals surface area contributed by atoms with E-state index in [0.717, 1.165) is 30.6 Å². The highest BCUT2D eigenvalue weighted by atomic mass is 15.2. The lowest BCUT2D eigenvalue weighted by atomic mass is 9.98. The minimum Gasteiger partial charge on any atom is -0.356 e. The van der Waals surface area contributed by atoms with Gasteiger partial charge in [0, 0.05) is 25.8 Å². The van der Waals surface area contributed by atoms with E-state index in [2.05, 4.69) is 46.9 Å². The zero-order valence-electron chi connectivity index (χ0n) is 12.7. The fourth-order valence-corrected chi connectivity index (χ4v) is 2.90. The van der Waals surface area contributed by atoms with E-state index in [1.54, 1.807) is 0 Å². The van der Waals surface area contributed by atoms with Crippen molar-refractivity contribution >= 4 is 5.95 Å². The van der Waals surface area contributed by atoms with Gasteiger partial charge in [0.05, 0.1) is 5.69 Å². The van der Waals surface area contributed by atoms with Crippen molar-refractivity contribution in [2.45, 2.75) is 46.1 Å². The number of hydrogen-bond donors (Lipinski definition) is 1. The average Bonchev–Trinajstić information content (AvgIpc) is 2.70. The Morgan fingerprint density at radius 1 is 1.47 bits per heavy atom. The Morgan fingerprint density at radius 2 is 2.32 bits per heavy atom. The lowest BCUT2D eigenvalue weighted by Crippen LogP contribution is -2.34. The normalized spacial score (nSPS) is 20.7. The molecule has 0 bridgehead atoms. The van der Waals surface area contributed by atoms with Gasteiger partial charge in [-0.1, -0.05) is 13.3 Å². The Morgan fingerprint density at radius 3 is 3.05 bits per heavy atom. The molecule has 4 heteroatoms. The molecule has 2 heterocycles. The number of aromatic nitrogens is 2. The van der Waals surface area contributed by atoms with Gasteiger partial charge in [-0.15, -0.1) is 0 Å². The number of likely N-dealkylation sites (tertiary alicyclic amines) is 1. The SMILES string of the molecule is CCCCNc1nc(C)cn1CC1CCCN(C)C1. The Labute approximate surface area is 117 Å². The first-order valence-corrected chi connectivity index (χ1v) is 7.65. The summed E-state index contributed by atoms with van der Waals surface area (Å²) in [6.45, 7) is 8.88. The number of nitrogens with zero attached hydrogens (tertiary/aromatic N) is 3. The maximum Gasteiger partial charge on any atom is 0.203 e. The van der Waals surface area contributed by atoms with Gasteiger partial charge in [0.1, 0.15) is 0 Å². The van der Waals surface area contributed by atoms with E-state index in [4.69, 9.17) is 0 Å². The highest BCUT2D eigenvalue weighted by Crippen LogP contribution is 2.19. The van der Waals surface area contributed by atoms with Crippen molar-refractivity contribution in [2.75, 3.05) is 32.0 Å². The van der Waals surface area contributed by atoms with E-state index in [-0.39, 0.29) is 0 Å². The molecule has 4 nitrogen and oxygen atoms in total. The molecule has 0 aliphatic carbocycles. The zero-order chi connectivity index (χ0) is 13.7. The summed E-state index contributed by atoms with van der Waals surface area (Å²) in [6.07, 6.45) is 7.28. The lowest BCUT2D eigenvalue weighted by molar-refractivity contribution is 0.195. The minimum atomic E-state index is 0.763. The number of piperidine rings is 1. The van der Waals surface area contributed by atoms with Crippen LogP contribution in [0.1, 0.15) is 38.3 Å². The van der Waals surface area contributed by atoms with Gasteiger partial charge in [0.2, 0.25) is 5.95 Å². The standard InChI is InChI=1S/C15H28N4/c1-4-5-8-16-15-17-13(2)10-19(15)12-14-7-6-9-18(3)11-14/h10,14H,4-9,11-12H2,1-3H3,(H,16,17). The fraction of sp³-hybridized carbons (Fsp3) is 0.800. The predicted octanol–water partition coefficient (Wildman–Crippen LogP) is 2.75. The zero-order valence-corrected chi connectivity index (χ0v) is 12.7. The van der Waals surface area contributed by atoms with E-state index < -0.39 is 0 Å². The van der Waals surface area contributed by atoms with Gasteiger partial charge in [-0.25, -0.2) is 4.98 Å². The van der Waals surface area contributed by atoms with Gasteiger partial charge < -0.3 is 14.8 Å². The van der Waals surface area contributed by atoms with Crippen LogP contribution in [0.3, 0.4) is 0 Å². The highest BCUT2D eigenvalue weighted by Gasteiger charge is 2.18. The molecule has 1 saturated heterocycles. The summed E-state index contributed by atoms with van der Waals surface area (Å²) in [6, 6.07) is 0. The topological polar surface area (TPSA) is 33.1 Å². The van der Waals surface area contributed by atoms with Crippen LogP contribution in [0.4, 0.5) is 5.95 Å². The van der Waals surface area contributed by atoms with E-state index >= 15 is 0 Å². The monoisotopic (exact) mass is 264 g/mol. The van der Waals surface area contributed by atoms with Crippen LogP contribution < -0.4 is 5.32 Å². The van der Waals surface area contributed by atoms with Crippen LogP contribution in [0.5, 0.6) is 0 Å². The average molecular weight is 264 g/mol. The first-order valence-electron chi connectivity index (χ1n) is 7.65. The van der Waals surface area contributed by atoms with Crippen molar-refractivity contribution in [3.63, 3.8) is 0 Å². The molecule has 1 aromatic heterocycles. The second-order valence-corrected chi connectivity index (χ2v) is 5.91. The first-order chi connectivity index (χ1) is 9.19. The van der Waals surface area contributed by atoms with Gasteiger partial charge in [-0.3, -0.25) is 0 Å². The molecule has 0 saturated carbocycles. The summed E-state index contributed by atoms with van der Waals surface area (Å²) in [4.78, 5) is 7.05. The van der Waals surface area contributed by atoms with Crippen LogP contribution in [-0.2, 0) is 6.54 Å². The van der Waals surface area contributed by atoms with Crippen molar-refractivity contribution in [3.8, 4) is 0 Å². The largest absolute Gasteiger partial charge is 0.356 e. The molecular formula is C15H28N4. The second-order valence-electron chi connectivity index (χ2n) is 5.91. The van der Waals surface area contributed by atoms with Crippen LogP contribution in [0.15, 0.2) is 6.20 Å². The molecule has 1 unspecified atom stereocenters. The fourth-order valence-electron chi connectivity index (χ4n) is 2.90. The van der Waals surface area contributed by atoms with E-state index in [9.17, 15) is 0 Å². The van der Waals surface area contributed by atoms with Crippen LogP contribution in [-0.4, -0.2) is 41.1 Å². The maximum atomic E-state index is 4.61. The Balaban J connectivity index is 1.94. The molecule has 0 spiro atoms. The van der Waals surface area contributed by atoms with Crippen LogP contribution in [0.25, 0.3) is 0 Å². The number of imidazole rings is 1. The molecule has 1 aromatic rings. The third kappa shape index (κ3) is 4.23. The summed E-state index contributed by atoms with van der Waals surface area (Å²) in [7, 11) is 2.23. The van der Waals surface area contributed by atoms with Gasteiger partial charge in [0.15, 0.2) is 0 Å². The van der Waals surface area contributed by atoms with Gasteiger partial charge in [0.25, 0.3) is 0 Å². The second kappa shape index (κ2) is 6.94. The maximum absolute atomic E-state index is 4.61. The van der Waals surface area contributed by atoms with E-state index in [1.807, 2.05) is 0 Å². The highest BCUT2D eigenvalue weighted by molar-refractivity contribution is 5.28. The third-order valence-electron chi connectivity index (χ3n) is 3.89. The number of hydrogen-bond acceptors (Lipinski definition) is 3. The third-order valence-corrected chi connectivity index (χ3v) is 3.89. The summed E-state index contributed by atoms with van der Waals surface area (Å²) in [5.74, 6) is 1.82. The predicted molar refractivity (Wildman–Crippen MR) is 80.6 cm³/mol. The van der Waals surface area contributed by atoms with E-state index in [0.29, 0.717) is 0 Å². The van der Waals surface area contributed by atoms with Crippen molar-refractivity contribution in [3.05, 3.63) is 11.9 Å². The summed E-state index contributed by atoms with van der Waals surface area (Å²) < 4.78 is 2.31. The minimum absolute atomic E-state index is 0.763. The molecule has 1 N–H and O–H groups in total. The number of nitrogens with one attached hydrogen (secondary N) is 1. The molecular weight excluding hydrogens is 236 g/mol. The first kappa shape index (κ1) is 14.4. The van der Waals surface area contributed by atoms with Crippen molar-refractivity contribution in [1.29, 1.82) is 0 Å². The molecule has 1 fully saturated rings. The molecule has 2 rings (SSSR count). The summed E-state index contributed by atoms with van der Waals surface area (Å²) in [5.41, 5.74) is 1.11. The molecule has 0 aromatic carbocycles. The quantitative estimate of drug-likeness (QED) is 0.802. The molecule has 1 aliphatic heterocycles. The van der Waals surface area contributed by atoms with Gasteiger partial charge >= 0.3 is 0 Å². The Kier molecular flexibility index (Phi) is 5.25. The number of unbranched alkanes of at least 4 members (excludes halogenated alkanes) is 1. The molecule has 0 radical (unpaired) electrons. The number of anilines is 1. The lowest BCUT2D eigenvalue weighted by Gasteiger charge is -2.30. The Hall–Kier alpha value is -1.03. The molecule has 19 heavy (non-hydrogen) atoms. The Bertz CT molecular complexity index is 385.